The number of rotatable bonds is 3. The largest absolute Gasteiger partial charge is 0.256 e. The molecule has 1 nitrogen and oxygen atoms in total. The van der Waals surface area contributed by atoms with Crippen molar-refractivity contribution in [3.63, 3.8) is 0 Å². The van der Waals surface area contributed by atoms with Gasteiger partial charge in [0.05, 0.1) is 13.9 Å². The number of hydrogen-bond acceptors (Lipinski definition) is 2. The van der Waals surface area contributed by atoms with Gasteiger partial charge in [0.2, 0.25) is 0 Å². The lowest BCUT2D eigenvalue weighted by atomic mass is 9.91. The molecule has 7 rings (SSSR count). The van der Waals surface area contributed by atoms with E-state index in [1.54, 1.807) is 6.20 Å². The van der Waals surface area contributed by atoms with Gasteiger partial charge < -0.3 is 0 Å². The molecule has 0 saturated heterocycles. The van der Waals surface area contributed by atoms with E-state index < -0.39 is 6.04 Å². The Bertz CT molecular complexity index is 2170. The average molecular weight is 470 g/mol. The van der Waals surface area contributed by atoms with Gasteiger partial charge in [-0.2, -0.15) is 0 Å². The number of hydrogen-bond donors (Lipinski definition) is 0. The molecule has 0 unspecified atom stereocenters. The fourth-order valence-corrected chi connectivity index (χ4v) is 5.71. The fraction of sp³-hybridized carbons (Fsp3) is 0. The van der Waals surface area contributed by atoms with Gasteiger partial charge >= 0.3 is 0 Å². The normalized spacial score (nSPS) is 13.8. The summed E-state index contributed by atoms with van der Waals surface area (Å²) in [6, 6.07) is 26.1. The average Bonchev–Trinajstić information content (AvgIpc) is 3.50. The molecule has 0 spiro atoms. The van der Waals surface area contributed by atoms with Crippen LogP contribution in [0.15, 0.2) is 127 Å². The van der Waals surface area contributed by atoms with Crippen molar-refractivity contribution in [1.29, 1.82) is 0 Å². The highest BCUT2D eigenvalue weighted by molar-refractivity contribution is 7.18. The highest BCUT2D eigenvalue weighted by Gasteiger charge is 2.18. The molecule has 7 aromatic rings. The lowest BCUT2D eigenvalue weighted by Gasteiger charge is -2.15. The number of fused-ring (bicyclic) bond motifs is 4. The van der Waals surface area contributed by atoms with E-state index in [-0.39, 0.29) is 41.0 Å². The predicted molar refractivity (Wildman–Crippen MR) is 151 cm³/mol. The van der Waals surface area contributed by atoms with Crippen LogP contribution in [0, 0.1) is 0 Å². The van der Waals surface area contributed by atoms with E-state index in [4.69, 9.17) is 11.8 Å². The smallest absolute Gasteiger partial charge is 0.0799 e. The standard InChI is InChI=1S/C33H21NS/c1-2-10-24(11-3-1)29-18-19-30(35-29)28-17-16-23-9-5-7-13-27(23)32(28)33-31-25(20-21-34-33)15-14-22-8-4-6-12-26(22)31/h1-21H/i5D,7D,9D,13D,16D,17D. The minimum absolute atomic E-state index is 0.0265. The Balaban J connectivity index is 1.70. The zero-order chi connectivity index (χ0) is 28.4. The van der Waals surface area contributed by atoms with Crippen molar-refractivity contribution in [3.8, 4) is 32.1 Å². The summed E-state index contributed by atoms with van der Waals surface area (Å²) in [4.78, 5) is 6.55. The van der Waals surface area contributed by atoms with Crippen LogP contribution >= 0.6 is 11.3 Å². The second-order valence-corrected chi connectivity index (χ2v) is 9.41. The molecular weight excluding hydrogens is 442 g/mol. The van der Waals surface area contributed by atoms with Crippen molar-refractivity contribution in [2.75, 3.05) is 0 Å². The van der Waals surface area contributed by atoms with Gasteiger partial charge in [-0.05, 0) is 50.7 Å². The molecule has 0 aliphatic carbocycles. The SMILES string of the molecule is [2H]c1c([2H])c([2H])c2c(-c3nccc4ccc5ccccc5c34)c(-c3ccc(-c4ccccc4)s3)c([2H])c([2H])c2c1[2H]. The van der Waals surface area contributed by atoms with Gasteiger partial charge in [0.1, 0.15) is 0 Å². The van der Waals surface area contributed by atoms with Crippen LogP contribution in [0.4, 0.5) is 0 Å². The molecule has 0 aliphatic rings. The molecule has 0 bridgehead atoms. The second-order valence-electron chi connectivity index (χ2n) is 8.32. The zero-order valence-electron chi connectivity index (χ0n) is 24.5. The fourth-order valence-electron chi connectivity index (χ4n) is 4.70. The number of aromatic nitrogens is 1. The van der Waals surface area contributed by atoms with Gasteiger partial charge in [-0.3, -0.25) is 4.98 Å². The van der Waals surface area contributed by atoms with Gasteiger partial charge in [0.25, 0.3) is 0 Å². The Labute approximate surface area is 216 Å². The van der Waals surface area contributed by atoms with Crippen LogP contribution in [-0.4, -0.2) is 4.98 Å². The Kier molecular flexibility index (Phi) is 3.48. The molecule has 0 aliphatic heterocycles. The molecule has 0 atom stereocenters. The Morgan fingerprint density at radius 1 is 0.600 bits per heavy atom. The van der Waals surface area contributed by atoms with Gasteiger partial charge in [-0.15, -0.1) is 11.3 Å². The molecule has 0 saturated carbocycles. The molecular formula is C33H21NS. The highest BCUT2D eigenvalue weighted by Crippen LogP contribution is 2.44. The predicted octanol–water partition coefficient (Wildman–Crippen LogP) is 9.60. The van der Waals surface area contributed by atoms with Crippen molar-refractivity contribution < 1.29 is 8.22 Å². The third kappa shape index (κ3) is 3.34. The summed E-state index contributed by atoms with van der Waals surface area (Å²) in [6.45, 7) is 0. The summed E-state index contributed by atoms with van der Waals surface area (Å²) in [5, 5.41) is 3.94. The summed E-state index contributed by atoms with van der Waals surface area (Å²) in [5.74, 6) is 0. The lowest BCUT2D eigenvalue weighted by Crippen LogP contribution is -1.92. The van der Waals surface area contributed by atoms with Crippen LogP contribution in [0.5, 0.6) is 0 Å². The summed E-state index contributed by atoms with van der Waals surface area (Å²) < 4.78 is 52.7. The van der Waals surface area contributed by atoms with Crippen molar-refractivity contribution in [1.82, 2.24) is 4.98 Å². The van der Waals surface area contributed by atoms with Crippen LogP contribution < -0.4 is 0 Å². The summed E-state index contributed by atoms with van der Waals surface area (Å²) >= 11 is 1.48. The van der Waals surface area contributed by atoms with Crippen LogP contribution in [0.2, 0.25) is 0 Å². The molecule has 0 fully saturated rings. The third-order valence-electron chi connectivity index (χ3n) is 6.30. The zero-order valence-corrected chi connectivity index (χ0v) is 19.3. The van der Waals surface area contributed by atoms with Crippen LogP contribution in [0.1, 0.15) is 8.22 Å². The van der Waals surface area contributed by atoms with Crippen molar-refractivity contribution in [2.24, 2.45) is 0 Å². The number of pyridine rings is 1. The van der Waals surface area contributed by atoms with E-state index in [2.05, 4.69) is 0 Å². The van der Waals surface area contributed by atoms with Crippen LogP contribution in [0.3, 0.4) is 0 Å². The van der Waals surface area contributed by atoms with E-state index >= 15 is 0 Å². The van der Waals surface area contributed by atoms with Gasteiger partial charge in [-0.25, -0.2) is 0 Å². The molecule has 2 aromatic heterocycles. The maximum absolute atomic E-state index is 9.22. The number of nitrogens with zero attached hydrogens (tertiary/aromatic N) is 1. The van der Waals surface area contributed by atoms with Crippen molar-refractivity contribution in [3.05, 3.63) is 127 Å². The second kappa shape index (κ2) is 8.19. The molecule has 35 heavy (non-hydrogen) atoms. The summed E-state index contributed by atoms with van der Waals surface area (Å²) in [6.07, 6.45) is 1.69. The minimum atomic E-state index is -0.423. The first-order valence-electron chi connectivity index (χ1n) is 14.3. The maximum atomic E-state index is 9.22. The quantitative estimate of drug-likeness (QED) is 0.235. The van der Waals surface area contributed by atoms with Gasteiger partial charge in [0, 0.05) is 32.5 Å². The van der Waals surface area contributed by atoms with Crippen molar-refractivity contribution >= 4 is 43.7 Å². The maximum Gasteiger partial charge on any atom is 0.0799 e. The lowest BCUT2D eigenvalue weighted by molar-refractivity contribution is 1.37. The summed E-state index contributed by atoms with van der Waals surface area (Å²) in [7, 11) is 0. The van der Waals surface area contributed by atoms with Crippen LogP contribution in [0.25, 0.3) is 64.5 Å². The molecule has 2 heteroatoms. The van der Waals surface area contributed by atoms with Gasteiger partial charge in [-0.1, -0.05) is 103 Å². The Morgan fingerprint density at radius 3 is 2.34 bits per heavy atom. The van der Waals surface area contributed by atoms with E-state index in [0.29, 0.717) is 16.8 Å². The Morgan fingerprint density at radius 2 is 1.40 bits per heavy atom. The molecule has 0 N–H and O–H groups in total. The van der Waals surface area contributed by atoms with Gasteiger partial charge in [0.15, 0.2) is 0 Å². The minimum Gasteiger partial charge on any atom is -0.256 e. The summed E-state index contributed by atoms with van der Waals surface area (Å²) in [5.41, 5.74) is 2.43. The van der Waals surface area contributed by atoms with Crippen LogP contribution in [-0.2, 0) is 0 Å². The molecule has 0 amide bonds. The number of thiophene rings is 1. The third-order valence-corrected chi connectivity index (χ3v) is 7.46. The first kappa shape index (κ1) is 14.9. The number of benzene rings is 5. The molecule has 0 radical (unpaired) electrons. The molecule has 2 heterocycles. The highest BCUT2D eigenvalue weighted by atomic mass is 32.1. The molecule has 5 aromatic carbocycles. The monoisotopic (exact) mass is 469 g/mol. The van der Waals surface area contributed by atoms with E-state index in [9.17, 15) is 1.37 Å². The van der Waals surface area contributed by atoms with E-state index in [1.807, 2.05) is 84.9 Å². The topological polar surface area (TPSA) is 12.9 Å². The first-order chi connectivity index (χ1) is 19.9. The molecule has 164 valence electrons. The van der Waals surface area contributed by atoms with E-state index in [0.717, 1.165) is 36.9 Å². The first-order valence-corrected chi connectivity index (χ1v) is 12.1. The van der Waals surface area contributed by atoms with E-state index in [1.165, 1.54) is 11.3 Å². The van der Waals surface area contributed by atoms with Crippen molar-refractivity contribution in [2.45, 2.75) is 0 Å². The Hall–Kier alpha value is -4.27.